The molecule has 6 nitrogen and oxygen atoms in total. The standard InChI is InChI=1S/C13H25N3O3/c1-10(9-16-3-5-19-6-4-16)15-13(17)12-7-11(18-2)8-14-12/h10-12,14H,3-9H2,1-2H3,(H,15,17). The summed E-state index contributed by atoms with van der Waals surface area (Å²) in [5, 5.41) is 6.27. The smallest absolute Gasteiger partial charge is 0.237 e. The quantitative estimate of drug-likeness (QED) is 0.685. The van der Waals surface area contributed by atoms with E-state index < -0.39 is 0 Å². The Balaban J connectivity index is 1.69. The maximum atomic E-state index is 12.1. The van der Waals surface area contributed by atoms with Crippen LogP contribution in [0.15, 0.2) is 0 Å². The number of hydrogen-bond donors (Lipinski definition) is 2. The van der Waals surface area contributed by atoms with Crippen LogP contribution in [-0.2, 0) is 14.3 Å². The van der Waals surface area contributed by atoms with Crippen LogP contribution in [0.4, 0.5) is 0 Å². The second kappa shape index (κ2) is 7.19. The summed E-state index contributed by atoms with van der Waals surface area (Å²) in [5.74, 6) is 0.0836. The lowest BCUT2D eigenvalue weighted by Crippen LogP contribution is -2.49. The van der Waals surface area contributed by atoms with E-state index in [4.69, 9.17) is 9.47 Å². The monoisotopic (exact) mass is 271 g/mol. The predicted octanol–water partition coefficient (Wildman–Crippen LogP) is -0.800. The van der Waals surface area contributed by atoms with Gasteiger partial charge in [0.2, 0.25) is 5.91 Å². The molecule has 2 rings (SSSR count). The first kappa shape index (κ1) is 14.7. The molecule has 19 heavy (non-hydrogen) atoms. The molecule has 2 saturated heterocycles. The van der Waals surface area contributed by atoms with Crippen LogP contribution in [0.2, 0.25) is 0 Å². The van der Waals surface area contributed by atoms with Crippen LogP contribution in [0.1, 0.15) is 13.3 Å². The van der Waals surface area contributed by atoms with Crippen molar-refractivity contribution in [2.75, 3.05) is 46.5 Å². The van der Waals surface area contributed by atoms with E-state index in [9.17, 15) is 4.79 Å². The largest absolute Gasteiger partial charge is 0.380 e. The van der Waals surface area contributed by atoms with Gasteiger partial charge in [0.05, 0.1) is 25.4 Å². The van der Waals surface area contributed by atoms with Crippen molar-refractivity contribution in [1.29, 1.82) is 0 Å². The Kier molecular flexibility index (Phi) is 5.57. The average molecular weight is 271 g/mol. The fraction of sp³-hybridized carbons (Fsp3) is 0.923. The normalized spacial score (nSPS) is 30.2. The molecule has 2 N–H and O–H groups in total. The summed E-state index contributed by atoms with van der Waals surface area (Å²) < 4.78 is 10.6. The summed E-state index contributed by atoms with van der Waals surface area (Å²) in [6.07, 6.45) is 0.914. The minimum Gasteiger partial charge on any atom is -0.380 e. The molecule has 3 unspecified atom stereocenters. The average Bonchev–Trinajstić information content (AvgIpc) is 2.88. The van der Waals surface area contributed by atoms with E-state index in [0.717, 1.165) is 45.8 Å². The highest BCUT2D eigenvalue weighted by Gasteiger charge is 2.30. The molecule has 110 valence electrons. The number of carbonyl (C=O) groups is 1. The van der Waals surface area contributed by atoms with Gasteiger partial charge in [-0.3, -0.25) is 9.69 Å². The van der Waals surface area contributed by atoms with Crippen molar-refractivity contribution in [2.45, 2.75) is 31.5 Å². The van der Waals surface area contributed by atoms with Gasteiger partial charge >= 0.3 is 0 Å². The van der Waals surface area contributed by atoms with E-state index in [1.165, 1.54) is 0 Å². The number of nitrogens with zero attached hydrogens (tertiary/aromatic N) is 1. The fourth-order valence-electron chi connectivity index (χ4n) is 2.64. The van der Waals surface area contributed by atoms with Gasteiger partial charge in [0, 0.05) is 39.3 Å². The van der Waals surface area contributed by atoms with Gasteiger partial charge in [0.1, 0.15) is 0 Å². The molecule has 0 aromatic heterocycles. The van der Waals surface area contributed by atoms with Crippen molar-refractivity contribution in [3.05, 3.63) is 0 Å². The fourth-order valence-corrected chi connectivity index (χ4v) is 2.64. The van der Waals surface area contributed by atoms with Gasteiger partial charge in [-0.05, 0) is 13.3 Å². The number of carbonyl (C=O) groups excluding carboxylic acids is 1. The molecule has 2 aliphatic heterocycles. The minimum absolute atomic E-state index is 0.0836. The Morgan fingerprint density at radius 3 is 2.89 bits per heavy atom. The van der Waals surface area contributed by atoms with E-state index in [0.29, 0.717) is 0 Å². The van der Waals surface area contributed by atoms with E-state index in [1.54, 1.807) is 7.11 Å². The number of morpholine rings is 1. The molecule has 2 aliphatic rings. The summed E-state index contributed by atoms with van der Waals surface area (Å²) in [4.78, 5) is 14.4. The van der Waals surface area contributed by atoms with Gasteiger partial charge in [0.25, 0.3) is 0 Å². The van der Waals surface area contributed by atoms with Gasteiger partial charge in [0.15, 0.2) is 0 Å². The number of ether oxygens (including phenoxy) is 2. The third-order valence-electron chi connectivity index (χ3n) is 3.76. The molecule has 2 fully saturated rings. The number of methoxy groups -OCH3 is 1. The van der Waals surface area contributed by atoms with Crippen molar-refractivity contribution < 1.29 is 14.3 Å². The number of hydrogen-bond acceptors (Lipinski definition) is 5. The topological polar surface area (TPSA) is 62.8 Å². The van der Waals surface area contributed by atoms with Crippen LogP contribution >= 0.6 is 0 Å². The predicted molar refractivity (Wildman–Crippen MR) is 72.1 cm³/mol. The number of nitrogens with one attached hydrogen (secondary N) is 2. The van der Waals surface area contributed by atoms with E-state index in [2.05, 4.69) is 22.5 Å². The van der Waals surface area contributed by atoms with Crippen LogP contribution < -0.4 is 10.6 Å². The molecule has 0 saturated carbocycles. The Morgan fingerprint density at radius 1 is 1.53 bits per heavy atom. The molecule has 0 aliphatic carbocycles. The molecule has 0 aromatic carbocycles. The van der Waals surface area contributed by atoms with Crippen molar-refractivity contribution in [1.82, 2.24) is 15.5 Å². The summed E-state index contributed by atoms with van der Waals surface area (Å²) in [6.45, 7) is 7.18. The van der Waals surface area contributed by atoms with Crippen LogP contribution in [0.3, 0.4) is 0 Å². The number of rotatable bonds is 5. The first-order valence-electron chi connectivity index (χ1n) is 7.05. The molecule has 0 aromatic rings. The van der Waals surface area contributed by atoms with Crippen LogP contribution in [0, 0.1) is 0 Å². The van der Waals surface area contributed by atoms with E-state index >= 15 is 0 Å². The maximum Gasteiger partial charge on any atom is 0.237 e. The van der Waals surface area contributed by atoms with Crippen LogP contribution in [-0.4, -0.2) is 75.5 Å². The second-order valence-corrected chi connectivity index (χ2v) is 5.38. The highest BCUT2D eigenvalue weighted by molar-refractivity contribution is 5.82. The second-order valence-electron chi connectivity index (χ2n) is 5.38. The van der Waals surface area contributed by atoms with E-state index in [1.807, 2.05) is 0 Å². The van der Waals surface area contributed by atoms with Gasteiger partial charge < -0.3 is 20.1 Å². The minimum atomic E-state index is -0.114. The van der Waals surface area contributed by atoms with Gasteiger partial charge in [-0.1, -0.05) is 0 Å². The Bertz CT molecular complexity index is 295. The van der Waals surface area contributed by atoms with Gasteiger partial charge in [-0.25, -0.2) is 0 Å². The Hall–Kier alpha value is -0.690. The zero-order chi connectivity index (χ0) is 13.7. The third kappa shape index (κ3) is 4.42. The van der Waals surface area contributed by atoms with Crippen LogP contribution in [0.25, 0.3) is 0 Å². The third-order valence-corrected chi connectivity index (χ3v) is 3.76. The molecule has 0 spiro atoms. The summed E-state index contributed by atoms with van der Waals surface area (Å²) in [6, 6.07) is 0.0473. The molecular weight excluding hydrogens is 246 g/mol. The Labute approximate surface area is 114 Å². The SMILES string of the molecule is COC1CNC(C(=O)NC(C)CN2CCOCC2)C1. The first-order chi connectivity index (χ1) is 9.19. The lowest BCUT2D eigenvalue weighted by molar-refractivity contribution is -0.123. The molecule has 2 heterocycles. The maximum absolute atomic E-state index is 12.1. The van der Waals surface area contributed by atoms with Crippen molar-refractivity contribution in [3.63, 3.8) is 0 Å². The highest BCUT2D eigenvalue weighted by Crippen LogP contribution is 2.09. The molecule has 0 radical (unpaired) electrons. The summed E-state index contributed by atoms with van der Waals surface area (Å²) >= 11 is 0. The van der Waals surface area contributed by atoms with E-state index in [-0.39, 0.29) is 24.1 Å². The first-order valence-corrected chi connectivity index (χ1v) is 7.05. The lowest BCUT2D eigenvalue weighted by Gasteiger charge is -2.29. The molecular formula is C13H25N3O3. The summed E-state index contributed by atoms with van der Waals surface area (Å²) in [5.41, 5.74) is 0. The molecule has 3 atom stereocenters. The van der Waals surface area contributed by atoms with Crippen molar-refractivity contribution >= 4 is 5.91 Å². The zero-order valence-electron chi connectivity index (χ0n) is 11.9. The van der Waals surface area contributed by atoms with Crippen molar-refractivity contribution in [2.24, 2.45) is 0 Å². The molecule has 6 heteroatoms. The van der Waals surface area contributed by atoms with Crippen molar-refractivity contribution in [3.8, 4) is 0 Å². The summed E-state index contributed by atoms with van der Waals surface area (Å²) in [7, 11) is 1.69. The Morgan fingerprint density at radius 2 is 2.26 bits per heavy atom. The van der Waals surface area contributed by atoms with Crippen LogP contribution in [0.5, 0.6) is 0 Å². The molecule has 1 amide bonds. The number of amides is 1. The lowest BCUT2D eigenvalue weighted by atomic mass is 10.1. The van der Waals surface area contributed by atoms with Gasteiger partial charge in [-0.15, -0.1) is 0 Å². The zero-order valence-corrected chi connectivity index (χ0v) is 11.9. The highest BCUT2D eigenvalue weighted by atomic mass is 16.5. The molecule has 0 bridgehead atoms. The van der Waals surface area contributed by atoms with Gasteiger partial charge in [-0.2, -0.15) is 0 Å².